The average Bonchev–Trinajstić information content (AvgIpc) is 2.06. The molecule has 1 heterocycles. The summed E-state index contributed by atoms with van der Waals surface area (Å²) in [5.41, 5.74) is 5.78. The lowest BCUT2D eigenvalue weighted by atomic mass is 10.1. The molecule has 82 valence electrons. The first-order valence-electron chi connectivity index (χ1n) is 4.27. The fraction of sp³-hybridized carbons (Fsp3) is 0.300. The topological polar surface area (TPSA) is 38.9 Å². The molecule has 15 heavy (non-hydrogen) atoms. The Hall–Kier alpha value is -1.52. The molecule has 0 aliphatic heterocycles. The number of nitrogen functional groups attached to an aromatic ring is 1. The van der Waals surface area contributed by atoms with Crippen LogP contribution in [0.3, 0.4) is 0 Å². The number of anilines is 1. The van der Waals surface area contributed by atoms with Gasteiger partial charge in [0.25, 0.3) is 0 Å². The van der Waals surface area contributed by atoms with Gasteiger partial charge in [0.15, 0.2) is 0 Å². The second-order valence-electron chi connectivity index (χ2n) is 3.36. The zero-order valence-corrected chi connectivity index (χ0v) is 8.23. The third kappa shape index (κ3) is 2.97. The fourth-order valence-electron chi connectivity index (χ4n) is 1.10. The molecule has 0 amide bonds. The average molecular weight is 216 g/mol. The van der Waals surface area contributed by atoms with Crippen molar-refractivity contribution < 1.29 is 13.2 Å². The molecule has 0 bridgehead atoms. The van der Waals surface area contributed by atoms with Crippen molar-refractivity contribution in [2.24, 2.45) is 0 Å². The summed E-state index contributed by atoms with van der Waals surface area (Å²) < 4.78 is 36.9. The zero-order chi connectivity index (χ0) is 11.6. The Kier molecular flexibility index (Phi) is 3.02. The van der Waals surface area contributed by atoms with Gasteiger partial charge in [-0.3, -0.25) is 0 Å². The number of hydrogen-bond donors (Lipinski definition) is 1. The van der Waals surface area contributed by atoms with Crippen LogP contribution in [0.5, 0.6) is 0 Å². The Labute approximate surface area is 85.6 Å². The maximum absolute atomic E-state index is 12.3. The molecule has 0 aliphatic rings. The molecule has 0 saturated heterocycles. The highest BCUT2D eigenvalue weighted by atomic mass is 19.4. The van der Waals surface area contributed by atoms with Crippen molar-refractivity contribution >= 4 is 5.69 Å². The number of aromatic nitrogens is 1. The molecule has 5 heteroatoms. The van der Waals surface area contributed by atoms with E-state index in [-0.39, 0.29) is 17.8 Å². The van der Waals surface area contributed by atoms with Crippen molar-refractivity contribution in [2.75, 3.05) is 5.73 Å². The number of alkyl halides is 3. The van der Waals surface area contributed by atoms with Gasteiger partial charge in [-0.1, -0.05) is 12.2 Å². The molecule has 0 radical (unpaired) electrons. The molecule has 1 aromatic heterocycles. The molecule has 0 saturated carbocycles. The maximum Gasteiger partial charge on any atom is 0.433 e. The number of pyridine rings is 1. The molecule has 2 N–H and O–H groups in total. The summed E-state index contributed by atoms with van der Waals surface area (Å²) in [7, 11) is 0. The predicted octanol–water partition coefficient (Wildman–Crippen LogP) is 2.80. The number of nitrogens with two attached hydrogens (primary N) is 1. The molecule has 1 rings (SSSR count). The standard InChI is InChI=1S/C10H11F3N2/c1-6(2)5-8-7(14)3-4-9(15-8)10(11,12)13/h3-4H,1,5,14H2,2H3. The molecule has 0 atom stereocenters. The molecule has 0 spiro atoms. The normalized spacial score (nSPS) is 11.5. The van der Waals surface area contributed by atoms with Gasteiger partial charge in [-0.25, -0.2) is 4.98 Å². The first-order valence-corrected chi connectivity index (χ1v) is 4.27. The SMILES string of the molecule is C=C(C)Cc1nc(C(F)(F)F)ccc1N. The van der Waals surface area contributed by atoms with Crippen molar-refractivity contribution in [1.82, 2.24) is 4.98 Å². The Balaban J connectivity index is 3.11. The largest absolute Gasteiger partial charge is 0.433 e. The van der Waals surface area contributed by atoms with Crippen molar-refractivity contribution in [1.29, 1.82) is 0 Å². The van der Waals surface area contributed by atoms with Crippen molar-refractivity contribution in [3.63, 3.8) is 0 Å². The molecule has 2 nitrogen and oxygen atoms in total. The van der Waals surface area contributed by atoms with Crippen molar-refractivity contribution in [2.45, 2.75) is 19.5 Å². The number of hydrogen-bond acceptors (Lipinski definition) is 2. The smallest absolute Gasteiger partial charge is 0.397 e. The number of rotatable bonds is 2. The van der Waals surface area contributed by atoms with E-state index in [0.29, 0.717) is 5.57 Å². The Morgan fingerprint density at radius 3 is 2.53 bits per heavy atom. The highest BCUT2D eigenvalue weighted by Crippen LogP contribution is 2.29. The molecule has 0 aliphatic carbocycles. The van der Waals surface area contributed by atoms with E-state index in [9.17, 15) is 13.2 Å². The third-order valence-electron chi connectivity index (χ3n) is 1.77. The summed E-state index contributed by atoms with van der Waals surface area (Å²) in [6.07, 6.45) is -4.17. The quantitative estimate of drug-likeness (QED) is 0.772. The molecular weight excluding hydrogens is 205 g/mol. The van der Waals surface area contributed by atoms with E-state index < -0.39 is 11.9 Å². The second kappa shape index (κ2) is 3.92. The first-order chi connectivity index (χ1) is 6.80. The van der Waals surface area contributed by atoms with E-state index in [4.69, 9.17) is 5.73 Å². The summed E-state index contributed by atoms with van der Waals surface area (Å²) in [6.45, 7) is 5.32. The lowest BCUT2D eigenvalue weighted by Crippen LogP contribution is -2.11. The van der Waals surface area contributed by atoms with Crippen LogP contribution in [-0.2, 0) is 12.6 Å². The van der Waals surface area contributed by atoms with Gasteiger partial charge in [0.1, 0.15) is 5.69 Å². The number of nitrogens with zero attached hydrogens (tertiary/aromatic N) is 1. The van der Waals surface area contributed by atoms with E-state index in [2.05, 4.69) is 11.6 Å². The zero-order valence-electron chi connectivity index (χ0n) is 8.23. The van der Waals surface area contributed by atoms with Gasteiger partial charge in [0, 0.05) is 6.42 Å². The van der Waals surface area contributed by atoms with Crippen LogP contribution in [0, 0.1) is 0 Å². The minimum atomic E-state index is -4.43. The van der Waals surface area contributed by atoms with Gasteiger partial charge in [-0.2, -0.15) is 13.2 Å². The lowest BCUT2D eigenvalue weighted by molar-refractivity contribution is -0.141. The molecule has 0 fully saturated rings. The Bertz CT molecular complexity index is 383. The van der Waals surface area contributed by atoms with Gasteiger partial charge in [-0.05, 0) is 19.1 Å². The Morgan fingerprint density at radius 2 is 2.07 bits per heavy atom. The van der Waals surface area contributed by atoms with Crippen LogP contribution in [0.4, 0.5) is 18.9 Å². The number of allylic oxidation sites excluding steroid dienone is 1. The van der Waals surface area contributed by atoms with Crippen LogP contribution in [0.1, 0.15) is 18.3 Å². The maximum atomic E-state index is 12.3. The van der Waals surface area contributed by atoms with Crippen LogP contribution < -0.4 is 5.73 Å². The Morgan fingerprint density at radius 1 is 1.47 bits per heavy atom. The highest BCUT2D eigenvalue weighted by Gasteiger charge is 2.32. The van der Waals surface area contributed by atoms with Crippen LogP contribution >= 0.6 is 0 Å². The van der Waals surface area contributed by atoms with E-state index in [0.717, 1.165) is 6.07 Å². The second-order valence-corrected chi connectivity index (χ2v) is 3.36. The summed E-state index contributed by atoms with van der Waals surface area (Å²) in [6, 6.07) is 2.09. The summed E-state index contributed by atoms with van der Waals surface area (Å²) in [4.78, 5) is 3.47. The van der Waals surface area contributed by atoms with Gasteiger partial charge < -0.3 is 5.73 Å². The van der Waals surface area contributed by atoms with Crippen LogP contribution in [0.25, 0.3) is 0 Å². The first kappa shape index (κ1) is 11.6. The summed E-state index contributed by atoms with van der Waals surface area (Å²) in [5, 5.41) is 0. The summed E-state index contributed by atoms with van der Waals surface area (Å²) in [5.74, 6) is 0. The predicted molar refractivity (Wildman–Crippen MR) is 52.2 cm³/mol. The van der Waals surface area contributed by atoms with E-state index in [1.165, 1.54) is 6.07 Å². The van der Waals surface area contributed by atoms with Crippen LogP contribution in [0.2, 0.25) is 0 Å². The molecule has 0 unspecified atom stereocenters. The monoisotopic (exact) mass is 216 g/mol. The van der Waals surface area contributed by atoms with Crippen molar-refractivity contribution in [3.05, 3.63) is 35.7 Å². The van der Waals surface area contributed by atoms with Crippen LogP contribution in [-0.4, -0.2) is 4.98 Å². The minimum absolute atomic E-state index is 0.220. The third-order valence-corrected chi connectivity index (χ3v) is 1.77. The van der Waals surface area contributed by atoms with E-state index in [1.54, 1.807) is 6.92 Å². The van der Waals surface area contributed by atoms with Gasteiger partial charge in [-0.15, -0.1) is 0 Å². The van der Waals surface area contributed by atoms with Crippen molar-refractivity contribution in [3.8, 4) is 0 Å². The van der Waals surface area contributed by atoms with Gasteiger partial charge in [0.2, 0.25) is 0 Å². The summed E-state index contributed by atoms with van der Waals surface area (Å²) >= 11 is 0. The van der Waals surface area contributed by atoms with Gasteiger partial charge in [0.05, 0.1) is 11.4 Å². The molecular formula is C10H11F3N2. The molecule has 0 aromatic carbocycles. The minimum Gasteiger partial charge on any atom is -0.397 e. The van der Waals surface area contributed by atoms with Crippen LogP contribution in [0.15, 0.2) is 24.3 Å². The van der Waals surface area contributed by atoms with Gasteiger partial charge >= 0.3 is 6.18 Å². The number of halogens is 3. The fourth-order valence-corrected chi connectivity index (χ4v) is 1.10. The highest BCUT2D eigenvalue weighted by molar-refractivity contribution is 5.45. The van der Waals surface area contributed by atoms with E-state index in [1.807, 2.05) is 0 Å². The molecule has 1 aromatic rings. The van der Waals surface area contributed by atoms with E-state index >= 15 is 0 Å². The lowest BCUT2D eigenvalue weighted by Gasteiger charge is -2.09.